The zero-order valence-electron chi connectivity index (χ0n) is 10.4. The second kappa shape index (κ2) is 4.38. The van der Waals surface area contributed by atoms with Crippen molar-refractivity contribution in [3.05, 3.63) is 36.0 Å². The van der Waals surface area contributed by atoms with Crippen LogP contribution in [0.3, 0.4) is 0 Å². The van der Waals surface area contributed by atoms with Crippen molar-refractivity contribution in [3.8, 4) is 0 Å². The molecule has 1 aromatic heterocycles. The van der Waals surface area contributed by atoms with Crippen LogP contribution in [0, 0.1) is 0 Å². The molecule has 2 aromatic rings. The summed E-state index contributed by atoms with van der Waals surface area (Å²) in [5.74, 6) is 0. The predicted molar refractivity (Wildman–Crippen MR) is 74.0 cm³/mol. The summed E-state index contributed by atoms with van der Waals surface area (Å²) in [6.07, 6.45) is 4.98. The summed E-state index contributed by atoms with van der Waals surface area (Å²) in [4.78, 5) is 2.31. The van der Waals surface area contributed by atoms with E-state index in [4.69, 9.17) is 5.73 Å². The Labute approximate surface area is 106 Å². The summed E-state index contributed by atoms with van der Waals surface area (Å²) in [5, 5.41) is 8.94. The Kier molecular flexibility index (Phi) is 2.72. The number of hydrogen-bond acceptors (Lipinski definition) is 4. The van der Waals surface area contributed by atoms with Crippen LogP contribution < -0.4 is 5.73 Å². The van der Waals surface area contributed by atoms with Gasteiger partial charge in [-0.05, 0) is 36.7 Å². The van der Waals surface area contributed by atoms with Crippen LogP contribution in [-0.2, 0) is 0 Å². The first-order chi connectivity index (χ1) is 8.74. The molecule has 0 fully saturated rings. The van der Waals surface area contributed by atoms with Crippen molar-refractivity contribution < 1.29 is 0 Å². The minimum Gasteiger partial charge on any atom is -0.397 e. The third-order valence-corrected chi connectivity index (χ3v) is 3.45. The highest BCUT2D eigenvalue weighted by atomic mass is 15.1. The molecule has 0 unspecified atom stereocenters. The molecule has 18 heavy (non-hydrogen) atoms. The van der Waals surface area contributed by atoms with Crippen LogP contribution in [0.4, 0.5) is 5.69 Å². The second-order valence-electron chi connectivity index (χ2n) is 4.77. The Morgan fingerprint density at radius 3 is 3.00 bits per heavy atom. The van der Waals surface area contributed by atoms with Crippen LogP contribution in [-0.4, -0.2) is 35.2 Å². The van der Waals surface area contributed by atoms with Crippen LogP contribution in [0.1, 0.15) is 12.0 Å². The van der Waals surface area contributed by atoms with Gasteiger partial charge >= 0.3 is 0 Å². The van der Waals surface area contributed by atoms with E-state index in [-0.39, 0.29) is 0 Å². The molecule has 0 atom stereocenters. The largest absolute Gasteiger partial charge is 0.397 e. The van der Waals surface area contributed by atoms with Crippen molar-refractivity contribution in [2.75, 3.05) is 25.9 Å². The lowest BCUT2D eigenvalue weighted by molar-refractivity contribution is 0.370. The van der Waals surface area contributed by atoms with Gasteiger partial charge in [-0.3, -0.25) is 0 Å². The molecule has 4 heteroatoms. The first-order valence-corrected chi connectivity index (χ1v) is 6.13. The van der Waals surface area contributed by atoms with E-state index in [1.807, 2.05) is 6.07 Å². The molecule has 1 aliphatic heterocycles. The highest BCUT2D eigenvalue weighted by molar-refractivity contribution is 5.91. The standard InChI is InChI=1S/C14H16N4/c1-18-6-4-10(5-7-18)11-2-3-14-12(8-11)13(15)9-16-17-14/h2-4,8-9H,5-7H2,1H3,(H2,15,17). The Balaban J connectivity index is 2.06. The molecule has 1 aromatic carbocycles. The molecular formula is C14H16N4. The van der Waals surface area contributed by atoms with Gasteiger partial charge in [-0.2, -0.15) is 10.2 Å². The molecule has 0 bridgehead atoms. The van der Waals surface area contributed by atoms with E-state index >= 15 is 0 Å². The van der Waals surface area contributed by atoms with Crippen LogP contribution in [0.5, 0.6) is 0 Å². The zero-order valence-corrected chi connectivity index (χ0v) is 10.4. The zero-order chi connectivity index (χ0) is 12.5. The summed E-state index contributed by atoms with van der Waals surface area (Å²) in [7, 11) is 2.14. The number of aromatic nitrogens is 2. The van der Waals surface area contributed by atoms with Gasteiger partial charge < -0.3 is 10.6 Å². The molecule has 0 saturated carbocycles. The third kappa shape index (κ3) is 1.95. The molecular weight excluding hydrogens is 224 g/mol. The van der Waals surface area contributed by atoms with Crippen molar-refractivity contribution in [2.24, 2.45) is 0 Å². The Morgan fingerprint density at radius 1 is 1.33 bits per heavy atom. The molecule has 3 rings (SSSR count). The van der Waals surface area contributed by atoms with Gasteiger partial charge in [-0.1, -0.05) is 12.1 Å². The minimum absolute atomic E-state index is 0.690. The lowest BCUT2D eigenvalue weighted by Gasteiger charge is -2.22. The molecule has 2 N–H and O–H groups in total. The molecule has 1 aliphatic rings. The molecule has 0 spiro atoms. The number of benzene rings is 1. The maximum Gasteiger partial charge on any atom is 0.0950 e. The summed E-state index contributed by atoms with van der Waals surface area (Å²) < 4.78 is 0. The van der Waals surface area contributed by atoms with Crippen molar-refractivity contribution in [1.82, 2.24) is 15.1 Å². The molecule has 2 heterocycles. The maximum atomic E-state index is 5.95. The van der Waals surface area contributed by atoms with Gasteiger partial charge in [-0.25, -0.2) is 0 Å². The molecule has 0 aliphatic carbocycles. The summed E-state index contributed by atoms with van der Waals surface area (Å²) in [6.45, 7) is 2.12. The molecule has 92 valence electrons. The van der Waals surface area contributed by atoms with E-state index in [0.29, 0.717) is 5.69 Å². The highest BCUT2D eigenvalue weighted by Gasteiger charge is 2.10. The van der Waals surface area contributed by atoms with Crippen LogP contribution in [0.2, 0.25) is 0 Å². The lowest BCUT2D eigenvalue weighted by Crippen LogP contribution is -2.23. The van der Waals surface area contributed by atoms with Crippen LogP contribution >= 0.6 is 0 Å². The molecule has 4 nitrogen and oxygen atoms in total. The van der Waals surface area contributed by atoms with Gasteiger partial charge in [0.15, 0.2) is 0 Å². The fourth-order valence-corrected chi connectivity index (χ4v) is 2.31. The van der Waals surface area contributed by atoms with Crippen LogP contribution in [0.15, 0.2) is 30.5 Å². The second-order valence-corrected chi connectivity index (χ2v) is 4.77. The summed E-state index contributed by atoms with van der Waals surface area (Å²) >= 11 is 0. The quantitative estimate of drug-likeness (QED) is 0.827. The van der Waals surface area contributed by atoms with E-state index in [2.05, 4.69) is 40.4 Å². The minimum atomic E-state index is 0.690. The van der Waals surface area contributed by atoms with E-state index in [1.165, 1.54) is 11.1 Å². The summed E-state index contributed by atoms with van der Waals surface area (Å²) in [6, 6.07) is 6.22. The average molecular weight is 240 g/mol. The SMILES string of the molecule is CN1CC=C(c2ccc3nncc(N)c3c2)CC1. The van der Waals surface area contributed by atoms with E-state index in [1.54, 1.807) is 6.20 Å². The third-order valence-electron chi connectivity index (χ3n) is 3.45. The number of fused-ring (bicyclic) bond motifs is 1. The van der Waals surface area contributed by atoms with Gasteiger partial charge in [-0.15, -0.1) is 0 Å². The van der Waals surface area contributed by atoms with Gasteiger partial charge in [0.1, 0.15) is 0 Å². The number of likely N-dealkylation sites (N-methyl/N-ethyl adjacent to an activating group) is 1. The number of rotatable bonds is 1. The van der Waals surface area contributed by atoms with E-state index < -0.39 is 0 Å². The normalized spacial score (nSPS) is 16.8. The van der Waals surface area contributed by atoms with Crippen molar-refractivity contribution in [1.29, 1.82) is 0 Å². The lowest BCUT2D eigenvalue weighted by atomic mass is 9.98. The maximum absolute atomic E-state index is 5.95. The predicted octanol–water partition coefficient (Wildman–Crippen LogP) is 1.93. The van der Waals surface area contributed by atoms with Gasteiger partial charge in [0, 0.05) is 18.5 Å². The first kappa shape index (κ1) is 11.2. The Morgan fingerprint density at radius 2 is 2.22 bits per heavy atom. The van der Waals surface area contributed by atoms with Crippen molar-refractivity contribution in [2.45, 2.75) is 6.42 Å². The number of nitrogens with two attached hydrogens (primary N) is 1. The number of nitrogen functional groups attached to an aromatic ring is 1. The molecule has 0 radical (unpaired) electrons. The van der Waals surface area contributed by atoms with Crippen molar-refractivity contribution in [3.63, 3.8) is 0 Å². The first-order valence-electron chi connectivity index (χ1n) is 6.13. The van der Waals surface area contributed by atoms with E-state index in [9.17, 15) is 0 Å². The monoisotopic (exact) mass is 240 g/mol. The highest BCUT2D eigenvalue weighted by Crippen LogP contribution is 2.26. The smallest absolute Gasteiger partial charge is 0.0950 e. The number of hydrogen-bond donors (Lipinski definition) is 1. The van der Waals surface area contributed by atoms with Gasteiger partial charge in [0.2, 0.25) is 0 Å². The Bertz CT molecular complexity index is 618. The number of anilines is 1. The van der Waals surface area contributed by atoms with Crippen LogP contribution in [0.25, 0.3) is 16.5 Å². The average Bonchev–Trinajstić information content (AvgIpc) is 2.40. The molecule has 0 saturated heterocycles. The fourth-order valence-electron chi connectivity index (χ4n) is 2.31. The molecule has 0 amide bonds. The number of nitrogens with zero attached hydrogens (tertiary/aromatic N) is 3. The fraction of sp³-hybridized carbons (Fsp3) is 0.286. The van der Waals surface area contributed by atoms with Gasteiger partial charge in [0.25, 0.3) is 0 Å². The van der Waals surface area contributed by atoms with Crippen molar-refractivity contribution >= 4 is 22.2 Å². The topological polar surface area (TPSA) is 55.0 Å². The van der Waals surface area contributed by atoms with E-state index in [0.717, 1.165) is 30.4 Å². The van der Waals surface area contributed by atoms with Gasteiger partial charge in [0.05, 0.1) is 17.4 Å². The summed E-state index contributed by atoms with van der Waals surface area (Å²) in [5.41, 5.74) is 10.1. The Hall–Kier alpha value is -1.94.